The lowest BCUT2D eigenvalue weighted by molar-refractivity contribution is 0.198. The van der Waals surface area contributed by atoms with Gasteiger partial charge in [-0.2, -0.15) is 0 Å². The molecule has 0 saturated carbocycles. The van der Waals surface area contributed by atoms with Gasteiger partial charge < -0.3 is 9.64 Å². The molecule has 0 aromatic heterocycles. The molecule has 2 nitrogen and oxygen atoms in total. The molecule has 1 saturated heterocycles. The van der Waals surface area contributed by atoms with Gasteiger partial charge in [0.1, 0.15) is 12.4 Å². The summed E-state index contributed by atoms with van der Waals surface area (Å²) in [5.74, 6) is 0.979. The maximum absolute atomic E-state index is 5.72. The minimum Gasteiger partial charge on any atom is -0.492 e. The number of benzene rings is 1. The fourth-order valence-corrected chi connectivity index (χ4v) is 1.90. The van der Waals surface area contributed by atoms with Crippen molar-refractivity contribution in [1.29, 1.82) is 0 Å². The Hall–Kier alpha value is -1.02. The van der Waals surface area contributed by atoms with Gasteiger partial charge in [0, 0.05) is 6.04 Å². The monoisotopic (exact) mass is 191 g/mol. The molecule has 0 radical (unpaired) electrons. The molecule has 1 atom stereocenters. The molecule has 2 heteroatoms. The number of para-hydroxylation sites is 1. The summed E-state index contributed by atoms with van der Waals surface area (Å²) in [6.07, 6.45) is 2.57. The van der Waals surface area contributed by atoms with Crippen molar-refractivity contribution in [1.82, 2.24) is 4.90 Å². The van der Waals surface area contributed by atoms with Crippen molar-refractivity contribution in [2.75, 3.05) is 20.2 Å². The van der Waals surface area contributed by atoms with E-state index in [1.54, 1.807) is 0 Å². The van der Waals surface area contributed by atoms with E-state index >= 15 is 0 Å². The highest BCUT2D eigenvalue weighted by Gasteiger charge is 2.20. The van der Waals surface area contributed by atoms with Crippen LogP contribution in [0.1, 0.15) is 12.8 Å². The van der Waals surface area contributed by atoms with Crippen LogP contribution in [0, 0.1) is 0 Å². The first-order valence-electron chi connectivity index (χ1n) is 5.24. The Bertz CT molecular complexity index is 273. The molecule has 1 heterocycles. The Morgan fingerprint density at radius 2 is 2.14 bits per heavy atom. The van der Waals surface area contributed by atoms with Gasteiger partial charge in [-0.3, -0.25) is 0 Å². The van der Waals surface area contributed by atoms with Gasteiger partial charge in [-0.1, -0.05) is 18.2 Å². The van der Waals surface area contributed by atoms with Crippen LogP contribution in [-0.2, 0) is 0 Å². The number of hydrogen-bond acceptors (Lipinski definition) is 2. The summed E-state index contributed by atoms with van der Waals surface area (Å²) in [6, 6.07) is 10.6. The molecular formula is C12H17NO. The molecule has 0 aliphatic carbocycles. The van der Waals surface area contributed by atoms with Crippen molar-refractivity contribution in [2.45, 2.75) is 18.9 Å². The molecular weight excluding hydrogens is 174 g/mol. The van der Waals surface area contributed by atoms with Crippen molar-refractivity contribution < 1.29 is 4.74 Å². The zero-order chi connectivity index (χ0) is 9.80. The van der Waals surface area contributed by atoms with Gasteiger partial charge >= 0.3 is 0 Å². The molecule has 14 heavy (non-hydrogen) atoms. The van der Waals surface area contributed by atoms with Crippen molar-refractivity contribution in [3.05, 3.63) is 30.3 Å². The van der Waals surface area contributed by atoms with Crippen LogP contribution in [0.5, 0.6) is 5.75 Å². The zero-order valence-corrected chi connectivity index (χ0v) is 8.65. The molecule has 0 N–H and O–H groups in total. The van der Waals surface area contributed by atoms with Crippen molar-refractivity contribution in [2.24, 2.45) is 0 Å². The quantitative estimate of drug-likeness (QED) is 0.726. The molecule has 2 rings (SSSR count). The van der Waals surface area contributed by atoms with Crippen LogP contribution in [0.2, 0.25) is 0 Å². The highest BCUT2D eigenvalue weighted by Crippen LogP contribution is 2.16. The number of likely N-dealkylation sites (N-methyl/N-ethyl adjacent to an activating group) is 1. The highest BCUT2D eigenvalue weighted by molar-refractivity contribution is 5.20. The lowest BCUT2D eigenvalue weighted by atomic mass is 10.2. The second kappa shape index (κ2) is 4.47. The number of rotatable bonds is 3. The van der Waals surface area contributed by atoms with Crippen LogP contribution < -0.4 is 4.74 Å². The number of nitrogens with zero attached hydrogens (tertiary/aromatic N) is 1. The van der Waals surface area contributed by atoms with E-state index in [1.165, 1.54) is 19.4 Å². The molecule has 1 fully saturated rings. The first-order chi connectivity index (χ1) is 6.86. The molecule has 1 aromatic carbocycles. The van der Waals surface area contributed by atoms with Gasteiger partial charge in [0.15, 0.2) is 0 Å². The maximum Gasteiger partial charge on any atom is 0.119 e. The Kier molecular flexibility index (Phi) is 3.04. The largest absolute Gasteiger partial charge is 0.492 e. The average Bonchev–Trinajstić information content (AvgIpc) is 2.63. The summed E-state index contributed by atoms with van der Waals surface area (Å²) in [6.45, 7) is 2.03. The van der Waals surface area contributed by atoms with Gasteiger partial charge in [-0.05, 0) is 38.6 Å². The van der Waals surface area contributed by atoms with E-state index in [1.807, 2.05) is 30.3 Å². The zero-order valence-electron chi connectivity index (χ0n) is 8.65. The Balaban J connectivity index is 1.82. The fourth-order valence-electron chi connectivity index (χ4n) is 1.90. The summed E-state index contributed by atoms with van der Waals surface area (Å²) >= 11 is 0. The molecule has 1 aromatic rings. The molecule has 1 aliphatic rings. The molecule has 0 amide bonds. The van der Waals surface area contributed by atoms with E-state index in [2.05, 4.69) is 11.9 Å². The van der Waals surface area contributed by atoms with Crippen LogP contribution in [0.15, 0.2) is 30.3 Å². The van der Waals surface area contributed by atoms with Crippen molar-refractivity contribution in [3.63, 3.8) is 0 Å². The van der Waals surface area contributed by atoms with Crippen LogP contribution in [0.3, 0.4) is 0 Å². The van der Waals surface area contributed by atoms with Crippen LogP contribution in [0.25, 0.3) is 0 Å². The lowest BCUT2D eigenvalue weighted by Gasteiger charge is -2.19. The van der Waals surface area contributed by atoms with Gasteiger partial charge in [-0.25, -0.2) is 0 Å². The summed E-state index contributed by atoms with van der Waals surface area (Å²) in [5.41, 5.74) is 0. The summed E-state index contributed by atoms with van der Waals surface area (Å²) in [4.78, 5) is 2.38. The molecule has 76 valence electrons. The third kappa shape index (κ3) is 2.26. The van der Waals surface area contributed by atoms with Gasteiger partial charge in [0.05, 0.1) is 0 Å². The lowest BCUT2D eigenvalue weighted by Crippen LogP contribution is -2.30. The smallest absolute Gasteiger partial charge is 0.119 e. The van der Waals surface area contributed by atoms with Crippen LogP contribution >= 0.6 is 0 Å². The SMILES string of the molecule is CN1CCCC1COc1ccccc1. The molecule has 0 bridgehead atoms. The minimum atomic E-state index is 0.607. The Morgan fingerprint density at radius 1 is 1.36 bits per heavy atom. The Labute approximate surface area is 85.5 Å². The second-order valence-corrected chi connectivity index (χ2v) is 3.90. The van der Waals surface area contributed by atoms with E-state index in [0.717, 1.165) is 12.4 Å². The number of hydrogen-bond donors (Lipinski definition) is 0. The van der Waals surface area contributed by atoms with Crippen LogP contribution in [-0.4, -0.2) is 31.1 Å². The van der Waals surface area contributed by atoms with E-state index in [4.69, 9.17) is 4.74 Å². The van der Waals surface area contributed by atoms with Gasteiger partial charge in [0.25, 0.3) is 0 Å². The topological polar surface area (TPSA) is 12.5 Å². The summed E-state index contributed by atoms with van der Waals surface area (Å²) in [7, 11) is 2.17. The first-order valence-corrected chi connectivity index (χ1v) is 5.24. The van der Waals surface area contributed by atoms with E-state index in [0.29, 0.717) is 6.04 Å². The van der Waals surface area contributed by atoms with E-state index in [9.17, 15) is 0 Å². The third-order valence-electron chi connectivity index (χ3n) is 2.86. The molecule has 1 unspecified atom stereocenters. The van der Waals surface area contributed by atoms with E-state index in [-0.39, 0.29) is 0 Å². The predicted molar refractivity (Wildman–Crippen MR) is 57.6 cm³/mol. The maximum atomic E-state index is 5.72. The standard InChI is InChI=1S/C12H17NO/c1-13-9-5-6-11(13)10-14-12-7-3-2-4-8-12/h2-4,7-8,11H,5-6,9-10H2,1H3. The minimum absolute atomic E-state index is 0.607. The van der Waals surface area contributed by atoms with E-state index < -0.39 is 0 Å². The summed E-state index contributed by atoms with van der Waals surface area (Å²) < 4.78 is 5.72. The molecule has 1 aliphatic heterocycles. The highest BCUT2D eigenvalue weighted by atomic mass is 16.5. The van der Waals surface area contributed by atoms with Crippen molar-refractivity contribution >= 4 is 0 Å². The van der Waals surface area contributed by atoms with Gasteiger partial charge in [-0.15, -0.1) is 0 Å². The van der Waals surface area contributed by atoms with Crippen LogP contribution in [0.4, 0.5) is 0 Å². The number of ether oxygens (including phenoxy) is 1. The van der Waals surface area contributed by atoms with Crippen molar-refractivity contribution in [3.8, 4) is 5.75 Å². The first kappa shape index (κ1) is 9.53. The fraction of sp³-hybridized carbons (Fsp3) is 0.500. The normalized spacial score (nSPS) is 22.5. The Morgan fingerprint density at radius 3 is 2.79 bits per heavy atom. The third-order valence-corrected chi connectivity index (χ3v) is 2.86. The second-order valence-electron chi connectivity index (χ2n) is 3.90. The number of likely N-dealkylation sites (tertiary alicyclic amines) is 1. The average molecular weight is 191 g/mol. The van der Waals surface area contributed by atoms with Gasteiger partial charge in [0.2, 0.25) is 0 Å². The molecule has 0 spiro atoms. The summed E-state index contributed by atoms with van der Waals surface area (Å²) in [5, 5.41) is 0. The predicted octanol–water partition coefficient (Wildman–Crippen LogP) is 2.16.